The molecule has 64 valence electrons. The largest absolute Gasteiger partial charge is 0.264 e. The summed E-state index contributed by atoms with van der Waals surface area (Å²) in [5.74, 6) is 3.41. The molecule has 2 atom stereocenters. The van der Waals surface area contributed by atoms with Crippen LogP contribution in [0.15, 0.2) is 0 Å². The predicted octanol–water partition coefficient (Wildman–Crippen LogP) is 2.43. The highest BCUT2D eigenvalue weighted by molar-refractivity contribution is 7.97. The van der Waals surface area contributed by atoms with Gasteiger partial charge >= 0.3 is 0 Å². The minimum absolute atomic E-state index is 1.01. The van der Waals surface area contributed by atoms with E-state index in [2.05, 4.69) is 4.72 Å². The van der Waals surface area contributed by atoms with Gasteiger partial charge in [0.2, 0.25) is 0 Å². The maximum absolute atomic E-state index is 3.46. The molecule has 2 unspecified atom stereocenters. The van der Waals surface area contributed by atoms with Crippen LogP contribution in [0.5, 0.6) is 0 Å². The minimum atomic E-state index is 1.01. The molecule has 2 rings (SSSR count). The monoisotopic (exact) mass is 171 g/mol. The highest BCUT2D eigenvalue weighted by Gasteiger charge is 2.25. The Balaban J connectivity index is 1.93. The Kier molecular flexibility index (Phi) is 2.75. The molecule has 1 saturated carbocycles. The van der Waals surface area contributed by atoms with E-state index >= 15 is 0 Å². The van der Waals surface area contributed by atoms with E-state index in [1.54, 1.807) is 0 Å². The van der Waals surface area contributed by atoms with E-state index in [0.29, 0.717) is 0 Å². The van der Waals surface area contributed by atoms with Crippen LogP contribution in [0.3, 0.4) is 0 Å². The summed E-state index contributed by atoms with van der Waals surface area (Å²) in [5, 5.41) is 0. The summed E-state index contributed by atoms with van der Waals surface area (Å²) < 4.78 is 3.46. The predicted molar refractivity (Wildman–Crippen MR) is 50.5 cm³/mol. The molecule has 1 N–H and O–H groups in total. The molecule has 0 aromatic heterocycles. The van der Waals surface area contributed by atoms with Crippen molar-refractivity contribution in [3.63, 3.8) is 0 Å². The van der Waals surface area contributed by atoms with Crippen LogP contribution < -0.4 is 4.72 Å². The number of nitrogens with one attached hydrogen (secondary N) is 1. The molecule has 0 aromatic rings. The van der Waals surface area contributed by atoms with Gasteiger partial charge in [-0.1, -0.05) is 31.2 Å². The first-order chi connectivity index (χ1) is 5.47. The molecule has 0 bridgehead atoms. The van der Waals surface area contributed by atoms with Crippen LogP contribution in [0.4, 0.5) is 0 Å². The molecular formula is C9H17NS. The minimum Gasteiger partial charge on any atom is -0.264 e. The Labute approximate surface area is 73.5 Å². The zero-order chi connectivity index (χ0) is 7.52. The van der Waals surface area contributed by atoms with Crippen LogP contribution in [0.1, 0.15) is 32.1 Å². The van der Waals surface area contributed by atoms with E-state index in [-0.39, 0.29) is 0 Å². The van der Waals surface area contributed by atoms with Crippen molar-refractivity contribution < 1.29 is 0 Å². The van der Waals surface area contributed by atoms with Gasteiger partial charge in [0.05, 0.1) is 0 Å². The van der Waals surface area contributed by atoms with Crippen LogP contribution in [-0.4, -0.2) is 12.3 Å². The summed E-state index contributed by atoms with van der Waals surface area (Å²) in [7, 11) is 0. The fraction of sp³-hybridized carbons (Fsp3) is 1.00. The highest BCUT2D eigenvalue weighted by atomic mass is 32.2. The first kappa shape index (κ1) is 7.93. The molecule has 1 heterocycles. The molecular weight excluding hydrogens is 154 g/mol. The SMILES string of the molecule is C1CCC2CNSCCC2C1. The van der Waals surface area contributed by atoms with Crippen LogP contribution in [0, 0.1) is 11.8 Å². The average molecular weight is 171 g/mol. The van der Waals surface area contributed by atoms with Crippen molar-refractivity contribution in [2.24, 2.45) is 11.8 Å². The Morgan fingerprint density at radius 3 is 2.73 bits per heavy atom. The molecule has 2 fully saturated rings. The molecule has 2 heteroatoms. The van der Waals surface area contributed by atoms with E-state index in [4.69, 9.17) is 0 Å². The number of rotatable bonds is 0. The van der Waals surface area contributed by atoms with Crippen molar-refractivity contribution in [2.45, 2.75) is 32.1 Å². The first-order valence-electron chi connectivity index (χ1n) is 4.81. The van der Waals surface area contributed by atoms with Crippen molar-refractivity contribution >= 4 is 11.9 Å². The van der Waals surface area contributed by atoms with E-state index in [9.17, 15) is 0 Å². The normalized spacial score (nSPS) is 39.3. The third kappa shape index (κ3) is 1.91. The summed E-state index contributed by atoms with van der Waals surface area (Å²) in [6.45, 7) is 1.27. The molecule has 0 radical (unpaired) electrons. The second-order valence-electron chi connectivity index (χ2n) is 3.79. The molecule has 1 nitrogen and oxygen atoms in total. The van der Waals surface area contributed by atoms with Gasteiger partial charge in [-0.25, -0.2) is 0 Å². The molecule has 0 spiro atoms. The smallest absolute Gasteiger partial charge is 0.00895 e. The second kappa shape index (κ2) is 3.81. The van der Waals surface area contributed by atoms with Gasteiger partial charge in [-0.2, -0.15) is 0 Å². The van der Waals surface area contributed by atoms with Gasteiger partial charge in [-0.05, 0) is 24.7 Å². The lowest BCUT2D eigenvalue weighted by atomic mass is 9.78. The lowest BCUT2D eigenvalue weighted by Gasteiger charge is -2.29. The van der Waals surface area contributed by atoms with Gasteiger partial charge in [-0.15, -0.1) is 0 Å². The maximum Gasteiger partial charge on any atom is 0.00895 e. The van der Waals surface area contributed by atoms with Crippen LogP contribution in [-0.2, 0) is 0 Å². The van der Waals surface area contributed by atoms with Crippen molar-refractivity contribution in [1.29, 1.82) is 0 Å². The van der Waals surface area contributed by atoms with E-state index in [1.807, 2.05) is 11.9 Å². The fourth-order valence-corrected chi connectivity index (χ4v) is 3.28. The van der Waals surface area contributed by atoms with Gasteiger partial charge in [0, 0.05) is 12.3 Å². The summed E-state index contributed by atoms with van der Waals surface area (Å²) in [6, 6.07) is 0. The standard InChI is InChI=1S/C9H17NS/c1-2-4-9-7-10-11-6-5-8(9)3-1/h8-10H,1-7H2. The Morgan fingerprint density at radius 2 is 1.82 bits per heavy atom. The first-order valence-corrected chi connectivity index (χ1v) is 5.80. The third-order valence-electron chi connectivity index (χ3n) is 3.10. The summed E-state index contributed by atoms with van der Waals surface area (Å²) in [5.41, 5.74) is 0. The zero-order valence-corrected chi connectivity index (χ0v) is 7.83. The number of hydrogen-bond donors (Lipinski definition) is 1. The van der Waals surface area contributed by atoms with E-state index < -0.39 is 0 Å². The second-order valence-corrected chi connectivity index (χ2v) is 4.78. The zero-order valence-electron chi connectivity index (χ0n) is 7.01. The number of fused-ring (bicyclic) bond motifs is 1. The van der Waals surface area contributed by atoms with Gasteiger partial charge in [0.15, 0.2) is 0 Å². The molecule has 0 amide bonds. The Bertz CT molecular complexity index is 113. The number of hydrogen-bond acceptors (Lipinski definition) is 2. The van der Waals surface area contributed by atoms with E-state index in [1.165, 1.54) is 44.4 Å². The quantitative estimate of drug-likeness (QED) is 0.562. The van der Waals surface area contributed by atoms with Crippen molar-refractivity contribution in [3.8, 4) is 0 Å². The van der Waals surface area contributed by atoms with Gasteiger partial charge in [0.1, 0.15) is 0 Å². The van der Waals surface area contributed by atoms with Crippen molar-refractivity contribution in [1.82, 2.24) is 4.72 Å². The van der Waals surface area contributed by atoms with Crippen molar-refractivity contribution in [3.05, 3.63) is 0 Å². The van der Waals surface area contributed by atoms with Gasteiger partial charge < -0.3 is 0 Å². The molecule has 0 aromatic carbocycles. The van der Waals surface area contributed by atoms with Gasteiger partial charge in [-0.3, -0.25) is 4.72 Å². The molecule has 2 aliphatic rings. The van der Waals surface area contributed by atoms with Gasteiger partial charge in [0.25, 0.3) is 0 Å². The Morgan fingerprint density at radius 1 is 1.00 bits per heavy atom. The van der Waals surface area contributed by atoms with Crippen molar-refractivity contribution in [2.75, 3.05) is 12.3 Å². The molecule has 1 saturated heterocycles. The molecule has 1 aliphatic heterocycles. The third-order valence-corrected chi connectivity index (χ3v) is 3.92. The topological polar surface area (TPSA) is 12.0 Å². The van der Waals surface area contributed by atoms with E-state index in [0.717, 1.165) is 11.8 Å². The fourth-order valence-electron chi connectivity index (χ4n) is 2.38. The summed E-state index contributed by atoms with van der Waals surface area (Å²) in [6.07, 6.45) is 7.42. The average Bonchev–Trinajstić information content (AvgIpc) is 2.28. The molecule has 1 aliphatic carbocycles. The van der Waals surface area contributed by atoms with Crippen LogP contribution >= 0.6 is 11.9 Å². The lowest BCUT2D eigenvalue weighted by Crippen LogP contribution is -2.25. The Hall–Kier alpha value is 0.310. The summed E-state index contributed by atoms with van der Waals surface area (Å²) in [4.78, 5) is 0. The van der Waals surface area contributed by atoms with Crippen LogP contribution in [0.2, 0.25) is 0 Å². The molecule has 11 heavy (non-hydrogen) atoms. The summed E-state index contributed by atoms with van der Waals surface area (Å²) >= 11 is 1.93. The highest BCUT2D eigenvalue weighted by Crippen LogP contribution is 2.34. The maximum atomic E-state index is 3.46. The van der Waals surface area contributed by atoms with Crippen LogP contribution in [0.25, 0.3) is 0 Å². The lowest BCUT2D eigenvalue weighted by molar-refractivity contribution is 0.239.